The molecule has 1 fully saturated rings. The third-order valence-electron chi connectivity index (χ3n) is 3.78. The van der Waals surface area contributed by atoms with Crippen LogP contribution in [0.3, 0.4) is 0 Å². The van der Waals surface area contributed by atoms with Crippen molar-refractivity contribution in [2.45, 2.75) is 18.2 Å². The summed E-state index contributed by atoms with van der Waals surface area (Å²) in [5.74, 6) is 0.0849. The fraction of sp³-hybridized carbons (Fsp3) is 0.235. The normalized spacial score (nSPS) is 17.4. The molecule has 1 aliphatic rings. The van der Waals surface area contributed by atoms with Crippen LogP contribution in [0.4, 0.5) is 11.4 Å². The van der Waals surface area contributed by atoms with Gasteiger partial charge in [0.2, 0.25) is 11.8 Å². The zero-order valence-corrected chi connectivity index (χ0v) is 15.5. The Morgan fingerprint density at radius 3 is 2.96 bits per heavy atom. The van der Waals surface area contributed by atoms with E-state index in [2.05, 4.69) is 15.6 Å². The molecule has 2 heterocycles. The molecule has 1 aromatic heterocycles. The van der Waals surface area contributed by atoms with Crippen LogP contribution in [-0.2, 0) is 16.1 Å². The molecule has 2 N–H and O–H groups in total. The molecule has 10 nitrogen and oxygen atoms in total. The summed E-state index contributed by atoms with van der Waals surface area (Å²) in [5.41, 5.74) is 0.131. The van der Waals surface area contributed by atoms with E-state index in [0.717, 1.165) is 11.8 Å². The van der Waals surface area contributed by atoms with Crippen LogP contribution in [0, 0.1) is 10.1 Å². The van der Waals surface area contributed by atoms with E-state index >= 15 is 0 Å². The fourth-order valence-electron chi connectivity index (χ4n) is 2.43. The first-order valence-electron chi connectivity index (χ1n) is 8.13. The van der Waals surface area contributed by atoms with Crippen LogP contribution >= 0.6 is 11.8 Å². The molecule has 28 heavy (non-hydrogen) atoms. The average Bonchev–Trinajstić information content (AvgIpc) is 3.30. The summed E-state index contributed by atoms with van der Waals surface area (Å²) < 4.78 is 10.3. The number of benzene rings is 1. The lowest BCUT2D eigenvalue weighted by Gasteiger charge is -2.11. The molecule has 1 aliphatic heterocycles. The van der Waals surface area contributed by atoms with Crippen molar-refractivity contribution in [3.8, 4) is 5.75 Å². The molecule has 0 spiro atoms. The summed E-state index contributed by atoms with van der Waals surface area (Å²) in [7, 11) is 1.34. The topological polar surface area (TPSA) is 136 Å². The van der Waals surface area contributed by atoms with E-state index in [9.17, 15) is 19.7 Å². The van der Waals surface area contributed by atoms with Gasteiger partial charge in [-0.25, -0.2) is 0 Å². The average molecular weight is 404 g/mol. The number of amides is 2. The van der Waals surface area contributed by atoms with Crippen LogP contribution in [0.5, 0.6) is 5.75 Å². The van der Waals surface area contributed by atoms with E-state index in [0.29, 0.717) is 10.9 Å². The Hall–Kier alpha value is -3.34. The monoisotopic (exact) mass is 404 g/mol. The summed E-state index contributed by atoms with van der Waals surface area (Å²) in [6, 6.07) is 7.37. The number of nitrogens with zero attached hydrogens (tertiary/aromatic N) is 2. The molecular formula is C17H16N4O6S. The number of methoxy groups -OCH3 is 1. The first kappa shape index (κ1) is 19.4. The van der Waals surface area contributed by atoms with Crippen molar-refractivity contribution in [3.05, 3.63) is 52.5 Å². The molecule has 1 unspecified atom stereocenters. The Balaban J connectivity index is 1.59. The molecular weight excluding hydrogens is 388 g/mol. The molecule has 2 aromatic rings. The molecule has 2 amide bonds. The predicted octanol–water partition coefficient (Wildman–Crippen LogP) is 2.31. The van der Waals surface area contributed by atoms with Crippen molar-refractivity contribution in [1.29, 1.82) is 0 Å². The first-order chi connectivity index (χ1) is 13.5. The van der Waals surface area contributed by atoms with Crippen LogP contribution in [-0.4, -0.2) is 34.3 Å². The number of thioether (sulfide) groups is 1. The number of carbonyl (C=O) groups excluding carboxylic acids is 2. The zero-order chi connectivity index (χ0) is 20.1. The number of aliphatic imine (C=N–C) groups is 1. The maximum atomic E-state index is 12.3. The number of ether oxygens (including phenoxy) is 1. The molecule has 0 bridgehead atoms. The largest absolute Gasteiger partial charge is 0.494 e. The van der Waals surface area contributed by atoms with Gasteiger partial charge in [0.25, 0.3) is 5.69 Å². The van der Waals surface area contributed by atoms with Gasteiger partial charge in [-0.2, -0.15) is 0 Å². The number of amidine groups is 1. The van der Waals surface area contributed by atoms with E-state index in [-0.39, 0.29) is 36.0 Å². The highest BCUT2D eigenvalue weighted by atomic mass is 32.2. The lowest BCUT2D eigenvalue weighted by Crippen LogP contribution is -2.28. The number of nitro groups is 1. The van der Waals surface area contributed by atoms with Gasteiger partial charge in [0.05, 0.1) is 36.6 Å². The van der Waals surface area contributed by atoms with Crippen molar-refractivity contribution in [3.63, 3.8) is 0 Å². The summed E-state index contributed by atoms with van der Waals surface area (Å²) in [5, 5.41) is 15.9. The van der Waals surface area contributed by atoms with Gasteiger partial charge in [-0.3, -0.25) is 24.7 Å². The maximum Gasteiger partial charge on any atom is 0.273 e. The SMILES string of the molecule is COc1cc([N+](=O)[O-])ccc1NC(=O)CC1SC(=NCc2ccco2)NC1=O. The number of non-ortho nitro benzene ring substituents is 1. The van der Waals surface area contributed by atoms with Crippen LogP contribution in [0.2, 0.25) is 0 Å². The Morgan fingerprint density at radius 2 is 2.29 bits per heavy atom. The number of hydrogen-bond acceptors (Lipinski definition) is 8. The molecule has 0 aliphatic carbocycles. The van der Waals surface area contributed by atoms with Crippen molar-refractivity contribution in [2.75, 3.05) is 12.4 Å². The standard InChI is InChI=1S/C17H16N4O6S/c1-26-13-7-10(21(24)25)4-5-12(13)19-15(22)8-14-16(23)20-17(28-14)18-9-11-3-2-6-27-11/h2-7,14H,8-9H2,1H3,(H,19,22)(H,18,20,23). The van der Waals surface area contributed by atoms with Crippen molar-refractivity contribution in [1.82, 2.24) is 5.32 Å². The third-order valence-corrected chi connectivity index (χ3v) is 4.90. The smallest absolute Gasteiger partial charge is 0.273 e. The van der Waals surface area contributed by atoms with E-state index in [1.165, 1.54) is 31.6 Å². The second kappa shape index (κ2) is 8.57. The van der Waals surface area contributed by atoms with Crippen LogP contribution in [0.25, 0.3) is 0 Å². The minimum atomic E-state index is -0.626. The number of nitro benzene ring substituents is 1. The van der Waals surface area contributed by atoms with Crippen LogP contribution < -0.4 is 15.4 Å². The Morgan fingerprint density at radius 1 is 1.46 bits per heavy atom. The molecule has 1 atom stereocenters. The minimum Gasteiger partial charge on any atom is -0.494 e. The van der Waals surface area contributed by atoms with Gasteiger partial charge in [-0.1, -0.05) is 11.8 Å². The highest BCUT2D eigenvalue weighted by molar-refractivity contribution is 8.15. The number of rotatable bonds is 7. The van der Waals surface area contributed by atoms with Gasteiger partial charge >= 0.3 is 0 Å². The van der Waals surface area contributed by atoms with Crippen molar-refractivity contribution in [2.24, 2.45) is 4.99 Å². The lowest BCUT2D eigenvalue weighted by molar-refractivity contribution is -0.384. The van der Waals surface area contributed by atoms with E-state index in [1.807, 2.05) is 0 Å². The number of anilines is 1. The summed E-state index contributed by atoms with van der Waals surface area (Å²) in [6.07, 6.45) is 1.45. The molecule has 0 saturated carbocycles. The molecule has 1 saturated heterocycles. The van der Waals surface area contributed by atoms with Gasteiger partial charge < -0.3 is 19.8 Å². The second-order valence-corrected chi connectivity index (χ2v) is 6.88. The Labute approximate surface area is 163 Å². The quantitative estimate of drug-likeness (QED) is 0.534. The highest BCUT2D eigenvalue weighted by Crippen LogP contribution is 2.30. The molecule has 11 heteroatoms. The van der Waals surface area contributed by atoms with Crippen molar-refractivity contribution < 1.29 is 23.7 Å². The van der Waals surface area contributed by atoms with Gasteiger partial charge in [0.15, 0.2) is 5.17 Å². The van der Waals surface area contributed by atoms with Gasteiger partial charge in [0, 0.05) is 12.5 Å². The molecule has 1 aromatic carbocycles. The lowest BCUT2D eigenvalue weighted by atomic mass is 10.2. The van der Waals surface area contributed by atoms with E-state index < -0.39 is 16.1 Å². The number of carbonyl (C=O) groups is 2. The fourth-order valence-corrected chi connectivity index (χ4v) is 3.40. The molecule has 146 valence electrons. The molecule has 3 rings (SSSR count). The summed E-state index contributed by atoms with van der Waals surface area (Å²) in [4.78, 5) is 38.9. The van der Waals surface area contributed by atoms with Gasteiger partial charge in [-0.05, 0) is 18.2 Å². The number of hydrogen-bond donors (Lipinski definition) is 2. The number of furan rings is 1. The van der Waals surface area contributed by atoms with Gasteiger partial charge in [0.1, 0.15) is 16.8 Å². The summed E-state index contributed by atoms with van der Waals surface area (Å²) in [6.45, 7) is 0.286. The van der Waals surface area contributed by atoms with Crippen LogP contribution in [0.15, 0.2) is 46.0 Å². The Kier molecular flexibility index (Phi) is 5.94. The summed E-state index contributed by atoms with van der Waals surface area (Å²) >= 11 is 1.16. The third kappa shape index (κ3) is 4.68. The van der Waals surface area contributed by atoms with E-state index in [1.54, 1.807) is 12.1 Å². The Bertz CT molecular complexity index is 928. The predicted molar refractivity (Wildman–Crippen MR) is 102 cm³/mol. The molecule has 0 radical (unpaired) electrons. The zero-order valence-electron chi connectivity index (χ0n) is 14.7. The van der Waals surface area contributed by atoms with Gasteiger partial charge in [-0.15, -0.1) is 0 Å². The van der Waals surface area contributed by atoms with E-state index in [4.69, 9.17) is 9.15 Å². The number of nitrogens with one attached hydrogen (secondary N) is 2. The van der Waals surface area contributed by atoms with Crippen molar-refractivity contribution >= 4 is 40.1 Å². The maximum absolute atomic E-state index is 12.3. The highest BCUT2D eigenvalue weighted by Gasteiger charge is 2.32. The second-order valence-electron chi connectivity index (χ2n) is 5.69. The van der Waals surface area contributed by atoms with Crippen LogP contribution in [0.1, 0.15) is 12.2 Å². The first-order valence-corrected chi connectivity index (χ1v) is 9.01. The minimum absolute atomic E-state index is 0.0869.